The molecular formula is C12H22O5S. The zero-order valence-corrected chi connectivity index (χ0v) is 12.2. The Hall–Kier alpha value is -0.720. The fourth-order valence-electron chi connectivity index (χ4n) is 1.40. The number of hydrogen-bond donors (Lipinski definition) is 1. The minimum absolute atomic E-state index is 0.151. The molecule has 0 aromatic carbocycles. The Morgan fingerprint density at radius 2 is 2.06 bits per heavy atom. The summed E-state index contributed by atoms with van der Waals surface area (Å²) in [6.07, 6.45) is 2.09. The Kier molecular flexibility index (Phi) is 6.19. The molecule has 0 saturated carbocycles. The molecule has 0 amide bonds. The van der Waals surface area contributed by atoms with Gasteiger partial charge in [-0.25, -0.2) is 0 Å². The van der Waals surface area contributed by atoms with Crippen molar-refractivity contribution in [2.24, 2.45) is 5.92 Å². The second-order valence-corrected chi connectivity index (χ2v) is 6.44. The molecule has 0 saturated heterocycles. The first-order valence-electron chi connectivity index (χ1n) is 5.73. The van der Waals surface area contributed by atoms with Gasteiger partial charge in [-0.2, -0.15) is 8.42 Å². The summed E-state index contributed by atoms with van der Waals surface area (Å²) < 4.78 is 27.2. The lowest BCUT2D eigenvalue weighted by Gasteiger charge is -2.25. The molecule has 1 N–H and O–H groups in total. The number of carbonyl (C=O) groups excluding carboxylic acids is 1. The second-order valence-electron chi connectivity index (χ2n) is 4.84. The van der Waals surface area contributed by atoms with E-state index in [9.17, 15) is 18.3 Å². The van der Waals surface area contributed by atoms with Gasteiger partial charge in [0.2, 0.25) is 0 Å². The fraction of sp³-hybridized carbons (Fsp3) is 0.750. The summed E-state index contributed by atoms with van der Waals surface area (Å²) in [6.45, 7) is 8.05. The van der Waals surface area contributed by atoms with Gasteiger partial charge in [0, 0.05) is 5.92 Å². The predicted molar refractivity (Wildman–Crippen MR) is 69.6 cm³/mol. The van der Waals surface area contributed by atoms with Gasteiger partial charge >= 0.3 is 0 Å². The topological polar surface area (TPSA) is 80.7 Å². The van der Waals surface area contributed by atoms with Crippen LogP contribution in [0.25, 0.3) is 0 Å². The van der Waals surface area contributed by atoms with E-state index in [0.717, 1.165) is 6.26 Å². The molecule has 0 rings (SSSR count). The summed E-state index contributed by atoms with van der Waals surface area (Å²) >= 11 is 0. The maximum atomic E-state index is 11.3. The third-order valence-electron chi connectivity index (χ3n) is 2.87. The molecule has 5 nitrogen and oxygen atoms in total. The molecule has 106 valence electrons. The number of carbonyl (C=O) groups is 1. The zero-order valence-electron chi connectivity index (χ0n) is 11.3. The van der Waals surface area contributed by atoms with E-state index >= 15 is 0 Å². The molecule has 0 aliphatic carbocycles. The first-order chi connectivity index (χ1) is 7.98. The van der Waals surface area contributed by atoms with Gasteiger partial charge in [0.15, 0.2) is 0 Å². The SMILES string of the molecule is C=C[C@](C)(O)CC[C@@H](OS(C)(=O)=O)[C@H](C)C(C)=O. The summed E-state index contributed by atoms with van der Waals surface area (Å²) in [6, 6.07) is 0. The smallest absolute Gasteiger partial charge is 0.264 e. The summed E-state index contributed by atoms with van der Waals surface area (Å²) in [7, 11) is -3.64. The molecule has 0 fully saturated rings. The van der Waals surface area contributed by atoms with Gasteiger partial charge in [0.1, 0.15) is 5.78 Å². The zero-order chi connectivity index (χ0) is 14.6. The van der Waals surface area contributed by atoms with Gasteiger partial charge in [0.25, 0.3) is 10.1 Å². The van der Waals surface area contributed by atoms with Crippen molar-refractivity contribution < 1.29 is 22.5 Å². The first-order valence-corrected chi connectivity index (χ1v) is 7.55. The van der Waals surface area contributed by atoms with Crippen LogP contribution in [0, 0.1) is 5.92 Å². The van der Waals surface area contributed by atoms with Gasteiger partial charge in [-0.1, -0.05) is 13.0 Å². The maximum absolute atomic E-state index is 11.3. The molecule has 0 aliphatic heterocycles. The van der Waals surface area contributed by atoms with Crippen LogP contribution in [0.15, 0.2) is 12.7 Å². The lowest BCUT2D eigenvalue weighted by molar-refractivity contribution is -0.123. The first kappa shape index (κ1) is 17.3. The van der Waals surface area contributed by atoms with Crippen LogP contribution < -0.4 is 0 Å². The highest BCUT2D eigenvalue weighted by atomic mass is 32.2. The highest BCUT2D eigenvalue weighted by molar-refractivity contribution is 7.86. The van der Waals surface area contributed by atoms with Crippen molar-refractivity contribution in [3.63, 3.8) is 0 Å². The molecule has 0 aromatic rings. The van der Waals surface area contributed by atoms with Crippen LogP contribution in [0.4, 0.5) is 0 Å². The van der Waals surface area contributed by atoms with E-state index in [-0.39, 0.29) is 18.6 Å². The number of ketones is 1. The number of aliphatic hydroxyl groups is 1. The lowest BCUT2D eigenvalue weighted by atomic mass is 9.91. The molecule has 0 radical (unpaired) electrons. The number of hydrogen-bond acceptors (Lipinski definition) is 5. The van der Waals surface area contributed by atoms with Crippen LogP contribution in [-0.2, 0) is 19.1 Å². The van der Waals surface area contributed by atoms with Gasteiger partial charge < -0.3 is 5.11 Å². The summed E-state index contributed by atoms with van der Waals surface area (Å²) in [4.78, 5) is 11.3. The highest BCUT2D eigenvalue weighted by Crippen LogP contribution is 2.22. The van der Waals surface area contributed by atoms with Crippen molar-refractivity contribution in [2.45, 2.75) is 45.3 Å². The third-order valence-corrected chi connectivity index (χ3v) is 3.47. The Morgan fingerprint density at radius 3 is 2.39 bits per heavy atom. The molecule has 18 heavy (non-hydrogen) atoms. The summed E-state index contributed by atoms with van der Waals surface area (Å²) in [5.41, 5.74) is -1.10. The third kappa shape index (κ3) is 6.88. The molecule has 0 heterocycles. The van der Waals surface area contributed by atoms with Crippen molar-refractivity contribution in [1.82, 2.24) is 0 Å². The Morgan fingerprint density at radius 1 is 1.56 bits per heavy atom. The van der Waals surface area contributed by atoms with Gasteiger partial charge in [0.05, 0.1) is 18.0 Å². The van der Waals surface area contributed by atoms with Crippen LogP contribution in [0.1, 0.15) is 33.6 Å². The Balaban J connectivity index is 4.79. The minimum atomic E-state index is -3.64. The van der Waals surface area contributed by atoms with Crippen LogP contribution in [0.5, 0.6) is 0 Å². The molecular weight excluding hydrogens is 256 g/mol. The average molecular weight is 278 g/mol. The quantitative estimate of drug-likeness (QED) is 0.534. The van der Waals surface area contributed by atoms with E-state index in [1.54, 1.807) is 13.8 Å². The molecule has 0 bridgehead atoms. The van der Waals surface area contributed by atoms with E-state index in [0.29, 0.717) is 0 Å². The fourth-order valence-corrected chi connectivity index (χ4v) is 2.12. The lowest BCUT2D eigenvalue weighted by Crippen LogP contribution is -2.32. The molecule has 3 atom stereocenters. The summed E-state index contributed by atoms with van der Waals surface area (Å²) in [5.74, 6) is -0.692. The van der Waals surface area contributed by atoms with Crippen LogP contribution in [0.3, 0.4) is 0 Å². The van der Waals surface area contributed by atoms with Crippen LogP contribution >= 0.6 is 0 Å². The van der Waals surface area contributed by atoms with Crippen molar-refractivity contribution in [1.29, 1.82) is 0 Å². The van der Waals surface area contributed by atoms with Gasteiger partial charge in [-0.05, 0) is 26.7 Å². The molecule has 0 unspecified atom stereocenters. The van der Waals surface area contributed by atoms with Gasteiger partial charge in [-0.3, -0.25) is 8.98 Å². The second kappa shape index (κ2) is 6.45. The monoisotopic (exact) mass is 278 g/mol. The van der Waals surface area contributed by atoms with E-state index in [1.807, 2.05) is 0 Å². The van der Waals surface area contributed by atoms with Crippen molar-refractivity contribution in [3.8, 4) is 0 Å². The van der Waals surface area contributed by atoms with E-state index in [1.165, 1.54) is 13.0 Å². The number of rotatable bonds is 8. The Labute approximate surface area is 109 Å². The molecule has 0 spiro atoms. The molecule has 0 aliphatic rings. The van der Waals surface area contributed by atoms with Crippen molar-refractivity contribution in [2.75, 3.05) is 6.26 Å². The highest BCUT2D eigenvalue weighted by Gasteiger charge is 2.28. The minimum Gasteiger partial charge on any atom is -0.386 e. The maximum Gasteiger partial charge on any atom is 0.264 e. The summed E-state index contributed by atoms with van der Waals surface area (Å²) in [5, 5.41) is 9.78. The van der Waals surface area contributed by atoms with Crippen molar-refractivity contribution in [3.05, 3.63) is 12.7 Å². The van der Waals surface area contributed by atoms with Crippen LogP contribution in [0.2, 0.25) is 0 Å². The normalized spacial score (nSPS) is 18.7. The van der Waals surface area contributed by atoms with Crippen LogP contribution in [-0.4, -0.2) is 37.3 Å². The average Bonchev–Trinajstić information content (AvgIpc) is 2.21. The van der Waals surface area contributed by atoms with Gasteiger partial charge in [-0.15, -0.1) is 6.58 Å². The predicted octanol–water partition coefficient (Wildman–Crippen LogP) is 1.27. The Bertz CT molecular complexity index is 397. The standard InChI is InChI=1S/C12H22O5S/c1-6-12(4,14)8-7-11(9(2)10(3)13)17-18(5,15)16/h6,9,11,14H,1,7-8H2,2-5H3/t9-,11-,12+/m1/s1. The van der Waals surface area contributed by atoms with E-state index in [2.05, 4.69) is 6.58 Å². The number of Topliss-reactive ketones (excluding diaryl/α,β-unsaturated/α-hetero) is 1. The van der Waals surface area contributed by atoms with E-state index in [4.69, 9.17) is 4.18 Å². The molecule has 0 aromatic heterocycles. The molecule has 6 heteroatoms. The van der Waals surface area contributed by atoms with Crippen molar-refractivity contribution >= 4 is 15.9 Å². The largest absolute Gasteiger partial charge is 0.386 e. The van der Waals surface area contributed by atoms with E-state index < -0.39 is 27.7 Å².